The molecule has 54 heavy (non-hydrogen) atoms. The second-order valence-electron chi connectivity index (χ2n) is 14.2. The third-order valence-electron chi connectivity index (χ3n) is 11.3. The summed E-state index contributed by atoms with van der Waals surface area (Å²) in [4.78, 5) is 10.5. The molecule has 0 radical (unpaired) electrons. The number of hydrogen-bond acceptors (Lipinski definition) is 2. The minimum atomic E-state index is 0.736. The molecule has 0 atom stereocenters. The van der Waals surface area contributed by atoms with Crippen molar-refractivity contribution in [2.75, 3.05) is 0 Å². The number of rotatable bonds is 4. The first kappa shape index (κ1) is 29.3. The molecule has 3 aromatic heterocycles. The zero-order valence-electron chi connectivity index (χ0n) is 29.1. The van der Waals surface area contributed by atoms with Gasteiger partial charge in [-0.2, -0.15) is 0 Å². The third kappa shape index (κ3) is 4.08. The lowest BCUT2D eigenvalue weighted by Gasteiger charge is -2.14. The predicted octanol–water partition coefficient (Wildman–Crippen LogP) is 12.8. The lowest BCUT2D eigenvalue weighted by molar-refractivity contribution is 1.16. The van der Waals surface area contributed by atoms with E-state index in [1.807, 2.05) is 18.2 Å². The average Bonchev–Trinajstić information content (AvgIpc) is 3.88. The number of para-hydroxylation sites is 3. The lowest BCUT2D eigenvalue weighted by Crippen LogP contribution is -1.98. The normalized spacial score (nSPS) is 12.1. The van der Waals surface area contributed by atoms with Gasteiger partial charge in [0.2, 0.25) is 0 Å². The molecule has 250 valence electrons. The minimum Gasteiger partial charge on any atom is -0.309 e. The molecule has 0 N–H and O–H groups in total. The highest BCUT2D eigenvalue weighted by Gasteiger charge is 2.28. The van der Waals surface area contributed by atoms with Crippen molar-refractivity contribution in [1.82, 2.24) is 19.1 Å². The summed E-state index contributed by atoms with van der Waals surface area (Å²) in [6.45, 7) is 0. The highest BCUT2D eigenvalue weighted by molar-refractivity contribution is 6.17. The summed E-state index contributed by atoms with van der Waals surface area (Å²) in [5, 5.41) is 7.45. The average molecular weight is 687 g/mol. The fourth-order valence-corrected chi connectivity index (χ4v) is 8.93. The Labute approximate surface area is 310 Å². The Kier molecular flexibility index (Phi) is 6.02. The second-order valence-corrected chi connectivity index (χ2v) is 14.2. The van der Waals surface area contributed by atoms with Crippen LogP contribution in [-0.2, 0) is 0 Å². The maximum atomic E-state index is 5.30. The molecular formula is C50H30N4. The van der Waals surface area contributed by atoms with E-state index in [4.69, 9.17) is 9.97 Å². The second kappa shape index (κ2) is 11.1. The van der Waals surface area contributed by atoms with E-state index in [0.29, 0.717) is 0 Å². The summed E-state index contributed by atoms with van der Waals surface area (Å²) < 4.78 is 4.79. The highest BCUT2D eigenvalue weighted by Crippen LogP contribution is 2.50. The lowest BCUT2D eigenvalue weighted by atomic mass is 9.99. The molecule has 0 saturated carbocycles. The van der Waals surface area contributed by atoms with Gasteiger partial charge >= 0.3 is 0 Å². The first-order valence-corrected chi connectivity index (χ1v) is 18.4. The fourth-order valence-electron chi connectivity index (χ4n) is 8.93. The van der Waals surface area contributed by atoms with Gasteiger partial charge in [0, 0.05) is 55.2 Å². The maximum absolute atomic E-state index is 5.30. The van der Waals surface area contributed by atoms with E-state index in [0.717, 1.165) is 45.3 Å². The van der Waals surface area contributed by atoms with E-state index in [1.165, 1.54) is 65.5 Å². The van der Waals surface area contributed by atoms with Crippen molar-refractivity contribution in [2.45, 2.75) is 0 Å². The zero-order valence-corrected chi connectivity index (χ0v) is 29.1. The molecule has 3 heterocycles. The first-order chi connectivity index (χ1) is 26.8. The van der Waals surface area contributed by atoms with E-state index < -0.39 is 0 Å². The molecule has 0 fully saturated rings. The SMILES string of the molecule is c1ccc(-c2nc(-c3ccc(-n4c5ccccc5c5cc(-n6c7ccccc7c7ccccc76)ccc54)cc3)c3c(n2)-c2cccc4cccc-3c24)cc1. The van der Waals surface area contributed by atoms with Gasteiger partial charge in [0.05, 0.1) is 33.5 Å². The van der Waals surface area contributed by atoms with E-state index >= 15 is 0 Å². The van der Waals surface area contributed by atoms with Crippen molar-refractivity contribution in [1.29, 1.82) is 0 Å². The zero-order chi connectivity index (χ0) is 35.3. The van der Waals surface area contributed by atoms with Gasteiger partial charge in [-0.15, -0.1) is 0 Å². The van der Waals surface area contributed by atoms with Gasteiger partial charge in [-0.3, -0.25) is 0 Å². The van der Waals surface area contributed by atoms with E-state index in [-0.39, 0.29) is 0 Å². The summed E-state index contributed by atoms with van der Waals surface area (Å²) in [6, 6.07) is 65.3. The number of aromatic nitrogens is 4. The Hall–Kier alpha value is -7.30. The van der Waals surface area contributed by atoms with Crippen LogP contribution in [-0.4, -0.2) is 19.1 Å². The summed E-state index contributed by atoms with van der Waals surface area (Å²) >= 11 is 0. The molecule has 0 spiro atoms. The van der Waals surface area contributed by atoms with Crippen molar-refractivity contribution in [3.05, 3.63) is 182 Å². The van der Waals surface area contributed by atoms with Crippen LogP contribution in [0.5, 0.6) is 0 Å². The molecule has 0 amide bonds. The first-order valence-electron chi connectivity index (χ1n) is 18.4. The van der Waals surface area contributed by atoms with Crippen LogP contribution in [0.1, 0.15) is 0 Å². The molecule has 4 nitrogen and oxygen atoms in total. The topological polar surface area (TPSA) is 35.6 Å². The van der Waals surface area contributed by atoms with E-state index in [2.05, 4.69) is 173 Å². The molecule has 0 unspecified atom stereocenters. The summed E-state index contributed by atoms with van der Waals surface area (Å²) in [5.74, 6) is 0.736. The van der Waals surface area contributed by atoms with Gasteiger partial charge in [0.1, 0.15) is 0 Å². The number of nitrogens with zero attached hydrogens (tertiary/aromatic N) is 4. The van der Waals surface area contributed by atoms with Crippen molar-refractivity contribution < 1.29 is 0 Å². The molecular weight excluding hydrogens is 657 g/mol. The molecule has 12 rings (SSSR count). The minimum absolute atomic E-state index is 0.736. The van der Waals surface area contributed by atoms with E-state index in [9.17, 15) is 0 Å². The Balaban J connectivity index is 1.04. The summed E-state index contributed by atoms with van der Waals surface area (Å²) in [6.07, 6.45) is 0. The molecule has 1 aliphatic rings. The van der Waals surface area contributed by atoms with Gasteiger partial charge in [-0.05, 0) is 64.9 Å². The van der Waals surface area contributed by atoms with Crippen LogP contribution in [0.3, 0.4) is 0 Å². The molecule has 0 saturated heterocycles. The largest absolute Gasteiger partial charge is 0.309 e. The van der Waals surface area contributed by atoms with Crippen molar-refractivity contribution >= 4 is 54.4 Å². The predicted molar refractivity (Wildman–Crippen MR) is 224 cm³/mol. The van der Waals surface area contributed by atoms with Crippen LogP contribution in [0.25, 0.3) is 111 Å². The van der Waals surface area contributed by atoms with Crippen molar-refractivity contribution in [3.63, 3.8) is 0 Å². The molecule has 0 bridgehead atoms. The van der Waals surface area contributed by atoms with Crippen LogP contribution in [0.4, 0.5) is 0 Å². The summed E-state index contributed by atoms with van der Waals surface area (Å²) in [7, 11) is 0. The van der Waals surface area contributed by atoms with Crippen LogP contribution in [0.2, 0.25) is 0 Å². The van der Waals surface area contributed by atoms with Crippen LogP contribution in [0, 0.1) is 0 Å². The number of hydrogen-bond donors (Lipinski definition) is 0. The maximum Gasteiger partial charge on any atom is 0.160 e. The van der Waals surface area contributed by atoms with Gasteiger partial charge in [-0.25, -0.2) is 9.97 Å². The standard InChI is InChI=1S/C50H30N4/c1-2-12-33(13-3-1)50-51-48(47-39-19-10-14-31-15-11-20-40(46(31)39)49(47)52-50)32-24-26-34(27-25-32)53-44-23-9-6-18-38(44)41-30-35(28-29-45(41)53)54-42-21-7-4-16-36(42)37-17-5-8-22-43(37)54/h1-30H. The van der Waals surface area contributed by atoms with Gasteiger partial charge in [0.25, 0.3) is 0 Å². The Morgan fingerprint density at radius 3 is 1.57 bits per heavy atom. The molecule has 1 aliphatic carbocycles. The van der Waals surface area contributed by atoms with Crippen molar-refractivity contribution in [2.24, 2.45) is 0 Å². The Morgan fingerprint density at radius 2 is 0.889 bits per heavy atom. The summed E-state index contributed by atoms with van der Waals surface area (Å²) in [5.41, 5.74) is 14.5. The Bertz CT molecular complexity index is 3260. The van der Waals surface area contributed by atoms with Gasteiger partial charge < -0.3 is 9.13 Å². The van der Waals surface area contributed by atoms with E-state index in [1.54, 1.807) is 0 Å². The van der Waals surface area contributed by atoms with Gasteiger partial charge in [-0.1, -0.05) is 133 Å². The smallest absolute Gasteiger partial charge is 0.160 e. The van der Waals surface area contributed by atoms with Gasteiger partial charge in [0.15, 0.2) is 5.82 Å². The fraction of sp³-hybridized carbons (Fsp3) is 0. The monoisotopic (exact) mass is 686 g/mol. The number of fused-ring (bicyclic) bond motifs is 9. The van der Waals surface area contributed by atoms with Crippen LogP contribution < -0.4 is 0 Å². The third-order valence-corrected chi connectivity index (χ3v) is 11.3. The number of benzene rings is 8. The molecule has 4 heteroatoms. The quantitative estimate of drug-likeness (QED) is 0.185. The van der Waals surface area contributed by atoms with Crippen LogP contribution in [0.15, 0.2) is 182 Å². The Morgan fingerprint density at radius 1 is 0.352 bits per heavy atom. The van der Waals surface area contributed by atoms with Crippen LogP contribution >= 0.6 is 0 Å². The molecule has 11 aromatic rings. The van der Waals surface area contributed by atoms with Crippen molar-refractivity contribution in [3.8, 4) is 56.4 Å². The highest BCUT2D eigenvalue weighted by atomic mass is 15.0. The molecule has 0 aliphatic heterocycles. The molecule has 8 aromatic carbocycles.